The van der Waals surface area contributed by atoms with E-state index in [4.69, 9.17) is 28.3 Å². The van der Waals surface area contributed by atoms with Gasteiger partial charge >= 0.3 is 5.97 Å². The zero-order chi connectivity index (χ0) is 13.8. The summed E-state index contributed by atoms with van der Waals surface area (Å²) in [4.78, 5) is 11.1. The number of benzene rings is 2. The summed E-state index contributed by atoms with van der Waals surface area (Å²) in [7, 11) is 0. The second-order valence-corrected chi connectivity index (χ2v) is 4.78. The van der Waals surface area contributed by atoms with E-state index in [0.29, 0.717) is 27.8 Å². The molecule has 0 aliphatic carbocycles. The predicted molar refractivity (Wildman–Crippen MR) is 77.2 cm³/mol. The van der Waals surface area contributed by atoms with Crippen LogP contribution in [0.5, 0.6) is 0 Å². The number of carboxylic acids is 1. The van der Waals surface area contributed by atoms with Crippen LogP contribution in [0.1, 0.15) is 15.9 Å². The molecule has 2 N–H and O–H groups in total. The molecule has 0 atom stereocenters. The van der Waals surface area contributed by atoms with E-state index < -0.39 is 5.97 Å². The third-order valence-electron chi connectivity index (χ3n) is 2.65. The Morgan fingerprint density at radius 2 is 1.89 bits per heavy atom. The number of anilines is 1. The summed E-state index contributed by atoms with van der Waals surface area (Å²) in [6, 6.07) is 11.9. The van der Waals surface area contributed by atoms with Gasteiger partial charge in [-0.1, -0.05) is 41.4 Å². The SMILES string of the molecule is O=C(O)c1ccccc1CNc1ccc(Cl)cc1Cl. The van der Waals surface area contributed by atoms with Crippen molar-refractivity contribution in [1.29, 1.82) is 0 Å². The molecule has 3 nitrogen and oxygen atoms in total. The van der Waals surface area contributed by atoms with Crippen LogP contribution in [0.3, 0.4) is 0 Å². The molecule has 98 valence electrons. The van der Waals surface area contributed by atoms with Crippen LogP contribution in [0.15, 0.2) is 42.5 Å². The van der Waals surface area contributed by atoms with Gasteiger partial charge in [-0.3, -0.25) is 0 Å². The zero-order valence-electron chi connectivity index (χ0n) is 9.86. The molecule has 2 aromatic carbocycles. The minimum absolute atomic E-state index is 0.278. The summed E-state index contributed by atoms with van der Waals surface area (Å²) < 4.78 is 0. The van der Waals surface area contributed by atoms with E-state index in [2.05, 4.69) is 5.32 Å². The first-order chi connectivity index (χ1) is 9.08. The summed E-state index contributed by atoms with van der Waals surface area (Å²) in [5, 5.41) is 13.2. The number of aromatic carboxylic acids is 1. The molecule has 0 aliphatic heterocycles. The van der Waals surface area contributed by atoms with E-state index in [-0.39, 0.29) is 5.56 Å². The van der Waals surface area contributed by atoms with Gasteiger partial charge in [-0.2, -0.15) is 0 Å². The van der Waals surface area contributed by atoms with E-state index in [1.54, 1.807) is 42.5 Å². The Balaban J connectivity index is 2.17. The number of hydrogen-bond acceptors (Lipinski definition) is 2. The second-order valence-electron chi connectivity index (χ2n) is 3.94. The smallest absolute Gasteiger partial charge is 0.336 e. The van der Waals surface area contributed by atoms with Crippen molar-refractivity contribution < 1.29 is 9.90 Å². The number of halogens is 2. The average Bonchev–Trinajstić information content (AvgIpc) is 2.38. The zero-order valence-corrected chi connectivity index (χ0v) is 11.4. The Hall–Kier alpha value is -1.71. The minimum atomic E-state index is -0.945. The number of carboxylic acid groups (broad SMARTS) is 1. The van der Waals surface area contributed by atoms with Gasteiger partial charge in [0.15, 0.2) is 0 Å². The molecular formula is C14H11Cl2NO2. The van der Waals surface area contributed by atoms with Gasteiger partial charge in [0.2, 0.25) is 0 Å². The number of nitrogens with one attached hydrogen (secondary N) is 1. The van der Waals surface area contributed by atoms with Gasteiger partial charge in [-0.15, -0.1) is 0 Å². The lowest BCUT2D eigenvalue weighted by Crippen LogP contribution is -2.07. The molecule has 0 saturated heterocycles. The van der Waals surface area contributed by atoms with Crippen molar-refractivity contribution in [2.75, 3.05) is 5.32 Å². The van der Waals surface area contributed by atoms with Crippen LogP contribution in [0.2, 0.25) is 10.0 Å². The van der Waals surface area contributed by atoms with Crippen LogP contribution in [0, 0.1) is 0 Å². The van der Waals surface area contributed by atoms with E-state index in [0.717, 1.165) is 0 Å². The molecule has 0 bridgehead atoms. The molecule has 0 aliphatic rings. The lowest BCUT2D eigenvalue weighted by molar-refractivity contribution is 0.0696. The van der Waals surface area contributed by atoms with Crippen LogP contribution in [-0.2, 0) is 6.54 Å². The van der Waals surface area contributed by atoms with E-state index in [1.807, 2.05) is 0 Å². The van der Waals surface area contributed by atoms with Gasteiger partial charge in [0.05, 0.1) is 16.3 Å². The van der Waals surface area contributed by atoms with Crippen molar-refractivity contribution in [3.63, 3.8) is 0 Å². The number of hydrogen-bond donors (Lipinski definition) is 2. The van der Waals surface area contributed by atoms with Crippen LogP contribution >= 0.6 is 23.2 Å². The highest BCUT2D eigenvalue weighted by molar-refractivity contribution is 6.36. The fourth-order valence-electron chi connectivity index (χ4n) is 1.71. The van der Waals surface area contributed by atoms with Gasteiger partial charge < -0.3 is 10.4 Å². The highest BCUT2D eigenvalue weighted by Crippen LogP contribution is 2.26. The van der Waals surface area contributed by atoms with Gasteiger partial charge in [-0.25, -0.2) is 4.79 Å². The molecule has 0 aromatic heterocycles. The summed E-state index contributed by atoms with van der Waals surface area (Å²) in [5.41, 5.74) is 1.69. The Bertz CT molecular complexity index is 614. The molecule has 0 saturated carbocycles. The van der Waals surface area contributed by atoms with Gasteiger partial charge in [0.25, 0.3) is 0 Å². The van der Waals surface area contributed by atoms with E-state index in [9.17, 15) is 4.79 Å². The molecule has 0 unspecified atom stereocenters. The van der Waals surface area contributed by atoms with Crippen LogP contribution in [0.25, 0.3) is 0 Å². The summed E-state index contributed by atoms with van der Waals surface area (Å²) >= 11 is 11.8. The molecule has 0 radical (unpaired) electrons. The molecule has 0 fully saturated rings. The first-order valence-corrected chi connectivity index (χ1v) is 6.33. The molecule has 0 spiro atoms. The number of rotatable bonds is 4. The van der Waals surface area contributed by atoms with Crippen molar-refractivity contribution in [2.45, 2.75) is 6.54 Å². The normalized spacial score (nSPS) is 10.2. The van der Waals surface area contributed by atoms with Gasteiger partial charge in [0, 0.05) is 11.6 Å². The second kappa shape index (κ2) is 5.95. The predicted octanol–water partition coefficient (Wildman–Crippen LogP) is 4.30. The Morgan fingerprint density at radius 1 is 1.16 bits per heavy atom. The fraction of sp³-hybridized carbons (Fsp3) is 0.0714. The number of carbonyl (C=O) groups is 1. The van der Waals surface area contributed by atoms with Crippen molar-refractivity contribution >= 4 is 34.9 Å². The van der Waals surface area contributed by atoms with Crippen molar-refractivity contribution in [1.82, 2.24) is 0 Å². The molecule has 2 rings (SSSR count). The van der Waals surface area contributed by atoms with E-state index in [1.165, 1.54) is 0 Å². The minimum Gasteiger partial charge on any atom is -0.478 e. The van der Waals surface area contributed by atoms with Crippen LogP contribution in [-0.4, -0.2) is 11.1 Å². The molecule has 19 heavy (non-hydrogen) atoms. The first kappa shape index (κ1) is 13.7. The van der Waals surface area contributed by atoms with Gasteiger partial charge in [0.1, 0.15) is 0 Å². The highest BCUT2D eigenvalue weighted by atomic mass is 35.5. The highest BCUT2D eigenvalue weighted by Gasteiger charge is 2.09. The Morgan fingerprint density at radius 3 is 2.58 bits per heavy atom. The van der Waals surface area contributed by atoms with Crippen molar-refractivity contribution in [3.05, 3.63) is 63.6 Å². The van der Waals surface area contributed by atoms with Crippen molar-refractivity contribution in [2.24, 2.45) is 0 Å². The maximum Gasteiger partial charge on any atom is 0.336 e. The maximum atomic E-state index is 11.1. The molecule has 5 heteroatoms. The standard InChI is InChI=1S/C14H11Cl2NO2/c15-10-5-6-13(12(16)7-10)17-8-9-3-1-2-4-11(9)14(18)19/h1-7,17H,8H2,(H,18,19). The Labute approximate surface area is 120 Å². The molecule has 0 amide bonds. The van der Waals surface area contributed by atoms with Gasteiger partial charge in [-0.05, 0) is 29.8 Å². The fourth-order valence-corrected chi connectivity index (χ4v) is 2.18. The monoisotopic (exact) mass is 295 g/mol. The third kappa shape index (κ3) is 3.40. The van der Waals surface area contributed by atoms with E-state index >= 15 is 0 Å². The summed E-state index contributed by atoms with van der Waals surface area (Å²) in [5.74, 6) is -0.945. The molecule has 2 aromatic rings. The maximum absolute atomic E-state index is 11.1. The lowest BCUT2D eigenvalue weighted by atomic mass is 10.1. The molecular weight excluding hydrogens is 285 g/mol. The molecule has 0 heterocycles. The van der Waals surface area contributed by atoms with Crippen LogP contribution in [0.4, 0.5) is 5.69 Å². The largest absolute Gasteiger partial charge is 0.478 e. The third-order valence-corrected chi connectivity index (χ3v) is 3.20. The quantitative estimate of drug-likeness (QED) is 0.884. The first-order valence-electron chi connectivity index (χ1n) is 5.58. The van der Waals surface area contributed by atoms with Crippen molar-refractivity contribution in [3.8, 4) is 0 Å². The average molecular weight is 296 g/mol. The lowest BCUT2D eigenvalue weighted by Gasteiger charge is -2.10. The van der Waals surface area contributed by atoms with Crippen LogP contribution < -0.4 is 5.32 Å². The summed E-state index contributed by atoms with van der Waals surface area (Å²) in [6.45, 7) is 0.379. The Kier molecular flexibility index (Phi) is 4.30. The summed E-state index contributed by atoms with van der Waals surface area (Å²) in [6.07, 6.45) is 0. The topological polar surface area (TPSA) is 49.3 Å².